The number of hydrogen-bond donors (Lipinski definition) is 2. The smallest absolute Gasteiger partial charge is 0.227 e. The van der Waals surface area contributed by atoms with E-state index < -0.39 is 0 Å². The first kappa shape index (κ1) is 16.7. The summed E-state index contributed by atoms with van der Waals surface area (Å²) in [6, 6.07) is 15.3. The fourth-order valence-corrected chi connectivity index (χ4v) is 2.12. The van der Waals surface area contributed by atoms with Crippen molar-refractivity contribution in [2.75, 3.05) is 11.9 Å². The van der Waals surface area contributed by atoms with Crippen molar-refractivity contribution in [3.63, 3.8) is 0 Å². The van der Waals surface area contributed by atoms with Gasteiger partial charge in [-0.05, 0) is 31.0 Å². The van der Waals surface area contributed by atoms with Crippen molar-refractivity contribution in [3.05, 3.63) is 59.8 Å². The summed E-state index contributed by atoms with van der Waals surface area (Å²) < 4.78 is 0. The monoisotopic (exact) mass is 311 g/mol. The highest BCUT2D eigenvalue weighted by atomic mass is 16.2. The molecular formula is C18H21N3O2. The van der Waals surface area contributed by atoms with E-state index in [1.807, 2.05) is 49.4 Å². The van der Waals surface area contributed by atoms with E-state index in [0.29, 0.717) is 25.2 Å². The lowest BCUT2D eigenvalue weighted by atomic mass is 10.1. The Hall–Kier alpha value is -2.69. The van der Waals surface area contributed by atoms with Crippen molar-refractivity contribution in [1.82, 2.24) is 10.3 Å². The van der Waals surface area contributed by atoms with Gasteiger partial charge in [0.15, 0.2) is 0 Å². The minimum absolute atomic E-state index is 0.0460. The maximum absolute atomic E-state index is 11.8. The van der Waals surface area contributed by atoms with E-state index in [-0.39, 0.29) is 18.2 Å². The molecule has 0 radical (unpaired) electrons. The van der Waals surface area contributed by atoms with Gasteiger partial charge >= 0.3 is 0 Å². The molecule has 1 heterocycles. The molecule has 2 rings (SSSR count). The third-order valence-electron chi connectivity index (χ3n) is 3.31. The van der Waals surface area contributed by atoms with Gasteiger partial charge in [-0.2, -0.15) is 0 Å². The Kier molecular flexibility index (Phi) is 6.29. The summed E-state index contributed by atoms with van der Waals surface area (Å²) in [5.74, 6) is 0.326. The van der Waals surface area contributed by atoms with Crippen LogP contribution in [0.5, 0.6) is 0 Å². The molecule has 0 unspecified atom stereocenters. The number of carbonyl (C=O) groups excluding carboxylic acids is 2. The third kappa shape index (κ3) is 6.30. The van der Waals surface area contributed by atoms with Gasteiger partial charge in [-0.3, -0.25) is 9.59 Å². The number of rotatable bonds is 7. The van der Waals surface area contributed by atoms with Gasteiger partial charge in [0.2, 0.25) is 11.8 Å². The first-order valence-corrected chi connectivity index (χ1v) is 7.67. The summed E-state index contributed by atoms with van der Waals surface area (Å²) in [5, 5.41) is 5.47. The summed E-state index contributed by atoms with van der Waals surface area (Å²) >= 11 is 0. The number of pyridine rings is 1. The van der Waals surface area contributed by atoms with E-state index in [1.54, 1.807) is 6.07 Å². The second kappa shape index (κ2) is 8.68. The highest BCUT2D eigenvalue weighted by Crippen LogP contribution is 2.04. The maximum Gasteiger partial charge on any atom is 0.227 e. The lowest BCUT2D eigenvalue weighted by Crippen LogP contribution is -2.27. The van der Waals surface area contributed by atoms with Crippen LogP contribution in [0.3, 0.4) is 0 Å². The van der Waals surface area contributed by atoms with Crippen LogP contribution in [0, 0.1) is 6.92 Å². The molecule has 5 heteroatoms. The van der Waals surface area contributed by atoms with Crippen LogP contribution in [0.25, 0.3) is 0 Å². The zero-order chi connectivity index (χ0) is 16.5. The summed E-state index contributed by atoms with van der Waals surface area (Å²) in [5.41, 5.74) is 1.97. The molecule has 2 aromatic rings. The van der Waals surface area contributed by atoms with E-state index in [1.165, 1.54) is 0 Å². The lowest BCUT2D eigenvalue weighted by molar-refractivity contribution is -0.121. The minimum Gasteiger partial charge on any atom is -0.356 e. The van der Waals surface area contributed by atoms with E-state index in [4.69, 9.17) is 0 Å². The number of carbonyl (C=O) groups is 2. The molecule has 0 aliphatic rings. The SMILES string of the molecule is Cc1cccc(NC(=O)CCNC(=O)CCc2ccccc2)n1. The predicted molar refractivity (Wildman–Crippen MR) is 90.0 cm³/mol. The van der Waals surface area contributed by atoms with Crippen molar-refractivity contribution >= 4 is 17.6 Å². The fourth-order valence-electron chi connectivity index (χ4n) is 2.12. The molecule has 0 bridgehead atoms. The predicted octanol–water partition coefficient (Wildman–Crippen LogP) is 2.47. The number of hydrogen-bond acceptors (Lipinski definition) is 3. The summed E-state index contributed by atoms with van der Waals surface area (Å²) in [4.78, 5) is 27.7. The molecule has 0 saturated heterocycles. The van der Waals surface area contributed by atoms with E-state index in [9.17, 15) is 9.59 Å². The molecule has 0 spiro atoms. The van der Waals surface area contributed by atoms with Crippen molar-refractivity contribution < 1.29 is 9.59 Å². The van der Waals surface area contributed by atoms with Crippen LogP contribution in [-0.4, -0.2) is 23.3 Å². The van der Waals surface area contributed by atoms with Gasteiger partial charge < -0.3 is 10.6 Å². The van der Waals surface area contributed by atoms with Crippen molar-refractivity contribution in [2.45, 2.75) is 26.2 Å². The van der Waals surface area contributed by atoms with E-state index in [0.717, 1.165) is 11.3 Å². The average molecular weight is 311 g/mol. The van der Waals surface area contributed by atoms with Gasteiger partial charge in [0.25, 0.3) is 0 Å². The Morgan fingerprint density at radius 2 is 1.74 bits per heavy atom. The second-order valence-electron chi connectivity index (χ2n) is 5.30. The van der Waals surface area contributed by atoms with Crippen LogP contribution < -0.4 is 10.6 Å². The number of amides is 2. The highest BCUT2D eigenvalue weighted by Gasteiger charge is 2.06. The van der Waals surface area contributed by atoms with Gasteiger partial charge in [0.05, 0.1) is 0 Å². The molecule has 1 aromatic heterocycles. The first-order valence-electron chi connectivity index (χ1n) is 7.67. The average Bonchev–Trinajstić information content (AvgIpc) is 2.54. The molecule has 120 valence electrons. The highest BCUT2D eigenvalue weighted by molar-refractivity contribution is 5.90. The van der Waals surface area contributed by atoms with Crippen molar-refractivity contribution in [3.8, 4) is 0 Å². The van der Waals surface area contributed by atoms with E-state index >= 15 is 0 Å². The molecule has 2 amide bonds. The summed E-state index contributed by atoms with van der Waals surface area (Å²) in [6.45, 7) is 2.19. The number of anilines is 1. The molecular weight excluding hydrogens is 290 g/mol. The number of nitrogens with zero attached hydrogens (tertiary/aromatic N) is 1. The van der Waals surface area contributed by atoms with Gasteiger partial charge in [0.1, 0.15) is 5.82 Å². The Bertz CT molecular complexity index is 656. The Morgan fingerprint density at radius 3 is 2.48 bits per heavy atom. The fraction of sp³-hybridized carbons (Fsp3) is 0.278. The number of aromatic nitrogens is 1. The molecule has 1 aromatic carbocycles. The summed E-state index contributed by atoms with van der Waals surface area (Å²) in [7, 11) is 0. The standard InChI is InChI=1S/C18H21N3O2/c1-14-6-5-9-16(20-14)21-18(23)12-13-19-17(22)11-10-15-7-3-2-4-8-15/h2-9H,10-13H2,1H3,(H,19,22)(H,20,21,23). The van der Waals surface area contributed by atoms with Gasteiger partial charge in [-0.15, -0.1) is 0 Å². The summed E-state index contributed by atoms with van der Waals surface area (Å²) in [6.07, 6.45) is 1.35. The zero-order valence-corrected chi connectivity index (χ0v) is 13.2. The van der Waals surface area contributed by atoms with Crippen molar-refractivity contribution in [2.24, 2.45) is 0 Å². The van der Waals surface area contributed by atoms with Crippen molar-refractivity contribution in [1.29, 1.82) is 0 Å². The minimum atomic E-state index is -0.161. The third-order valence-corrected chi connectivity index (χ3v) is 3.31. The topological polar surface area (TPSA) is 71.1 Å². The van der Waals surface area contributed by atoms with Crippen LogP contribution in [0.4, 0.5) is 5.82 Å². The molecule has 0 fully saturated rings. The van der Waals surface area contributed by atoms with Gasteiger partial charge in [0, 0.05) is 25.1 Å². The molecule has 0 atom stereocenters. The largest absolute Gasteiger partial charge is 0.356 e. The molecule has 23 heavy (non-hydrogen) atoms. The van der Waals surface area contributed by atoms with Crippen LogP contribution in [-0.2, 0) is 16.0 Å². The van der Waals surface area contributed by atoms with Gasteiger partial charge in [-0.1, -0.05) is 36.4 Å². The molecule has 0 saturated carbocycles. The molecule has 0 aliphatic heterocycles. The second-order valence-corrected chi connectivity index (χ2v) is 5.30. The number of aryl methyl sites for hydroxylation is 2. The quantitative estimate of drug-likeness (QED) is 0.825. The Balaban J connectivity index is 1.64. The van der Waals surface area contributed by atoms with Crippen LogP contribution in [0.1, 0.15) is 24.1 Å². The maximum atomic E-state index is 11.8. The molecule has 5 nitrogen and oxygen atoms in total. The molecule has 2 N–H and O–H groups in total. The normalized spacial score (nSPS) is 10.1. The Morgan fingerprint density at radius 1 is 0.957 bits per heavy atom. The molecule has 0 aliphatic carbocycles. The van der Waals surface area contributed by atoms with E-state index in [2.05, 4.69) is 15.6 Å². The Labute approximate surface area is 136 Å². The van der Waals surface area contributed by atoms with Crippen LogP contribution >= 0.6 is 0 Å². The number of benzene rings is 1. The zero-order valence-electron chi connectivity index (χ0n) is 13.2. The van der Waals surface area contributed by atoms with Crippen LogP contribution in [0.15, 0.2) is 48.5 Å². The van der Waals surface area contributed by atoms with Gasteiger partial charge in [-0.25, -0.2) is 4.98 Å². The van der Waals surface area contributed by atoms with Crippen LogP contribution in [0.2, 0.25) is 0 Å². The lowest BCUT2D eigenvalue weighted by Gasteiger charge is -2.07. The first-order chi connectivity index (χ1) is 11.1. The number of nitrogens with one attached hydrogen (secondary N) is 2.